The number of hydrogen-bond donors (Lipinski definition) is 1. The first-order chi connectivity index (χ1) is 14.9. The maximum Gasteiger partial charge on any atom is 0.273 e. The number of amides is 1. The van der Waals surface area contributed by atoms with Gasteiger partial charge in [-0.3, -0.25) is 14.9 Å². The van der Waals surface area contributed by atoms with E-state index in [0.717, 1.165) is 5.56 Å². The molecule has 0 atom stereocenters. The standard InChI is InChI=1S/C23H19N3O5/c1-13-7-8-15(23-25-19-12-16(30-3)9-10-21(19)31-23)11-18(13)24-22(27)17-5-4-6-20(14(17)2)26(28)29/h4-12H,1-3H3,(H,24,27). The Morgan fingerprint density at radius 2 is 1.94 bits per heavy atom. The van der Waals surface area contributed by atoms with Gasteiger partial charge in [-0.2, -0.15) is 0 Å². The molecule has 4 aromatic rings. The topological polar surface area (TPSA) is 108 Å². The number of carbonyl (C=O) groups is 1. The number of hydrogen-bond acceptors (Lipinski definition) is 6. The fourth-order valence-electron chi connectivity index (χ4n) is 3.30. The number of nitro groups is 1. The number of rotatable bonds is 5. The molecule has 8 heteroatoms. The van der Waals surface area contributed by atoms with Gasteiger partial charge < -0.3 is 14.5 Å². The summed E-state index contributed by atoms with van der Waals surface area (Å²) in [4.78, 5) is 28.0. The molecule has 0 aliphatic rings. The molecule has 0 unspecified atom stereocenters. The Morgan fingerprint density at radius 3 is 2.68 bits per heavy atom. The molecule has 0 radical (unpaired) electrons. The number of nitrogens with one attached hydrogen (secondary N) is 1. The second-order valence-corrected chi connectivity index (χ2v) is 7.04. The van der Waals surface area contributed by atoms with Gasteiger partial charge in [0, 0.05) is 34.5 Å². The molecule has 0 saturated carbocycles. The molecule has 1 heterocycles. The van der Waals surface area contributed by atoms with E-state index in [0.29, 0.717) is 39.6 Å². The second kappa shape index (κ2) is 7.91. The minimum absolute atomic E-state index is 0.0972. The van der Waals surface area contributed by atoms with Gasteiger partial charge in [-0.05, 0) is 49.7 Å². The van der Waals surface area contributed by atoms with Crippen molar-refractivity contribution in [3.63, 3.8) is 0 Å². The van der Waals surface area contributed by atoms with Crippen molar-refractivity contribution in [2.75, 3.05) is 12.4 Å². The molecule has 0 bridgehead atoms. The number of methoxy groups -OCH3 is 1. The predicted molar refractivity (Wildman–Crippen MR) is 117 cm³/mol. The molecule has 1 N–H and O–H groups in total. The zero-order valence-electron chi connectivity index (χ0n) is 17.1. The Morgan fingerprint density at radius 1 is 1.13 bits per heavy atom. The summed E-state index contributed by atoms with van der Waals surface area (Å²) in [6, 6.07) is 15.3. The highest BCUT2D eigenvalue weighted by Crippen LogP contribution is 2.30. The van der Waals surface area contributed by atoms with Crippen LogP contribution in [0, 0.1) is 24.0 Å². The van der Waals surface area contributed by atoms with Crippen LogP contribution in [0.25, 0.3) is 22.6 Å². The molecule has 3 aromatic carbocycles. The van der Waals surface area contributed by atoms with Crippen LogP contribution < -0.4 is 10.1 Å². The van der Waals surface area contributed by atoms with Crippen LogP contribution in [0.5, 0.6) is 5.75 Å². The van der Waals surface area contributed by atoms with Gasteiger partial charge >= 0.3 is 0 Å². The van der Waals surface area contributed by atoms with E-state index < -0.39 is 10.8 Å². The van der Waals surface area contributed by atoms with E-state index in [1.54, 1.807) is 44.4 Å². The lowest BCUT2D eigenvalue weighted by Crippen LogP contribution is -2.15. The molecule has 8 nitrogen and oxygen atoms in total. The largest absolute Gasteiger partial charge is 0.497 e. The van der Waals surface area contributed by atoms with Crippen LogP contribution in [0.4, 0.5) is 11.4 Å². The number of fused-ring (bicyclic) bond motifs is 1. The van der Waals surface area contributed by atoms with Crippen molar-refractivity contribution in [3.8, 4) is 17.2 Å². The van der Waals surface area contributed by atoms with Gasteiger partial charge in [-0.25, -0.2) is 4.98 Å². The molecular formula is C23H19N3O5. The third-order valence-electron chi connectivity index (χ3n) is 5.07. The molecular weight excluding hydrogens is 398 g/mol. The lowest BCUT2D eigenvalue weighted by molar-refractivity contribution is -0.385. The number of aryl methyl sites for hydroxylation is 1. The Labute approximate surface area is 177 Å². The van der Waals surface area contributed by atoms with Gasteiger partial charge in [0.2, 0.25) is 5.89 Å². The fourth-order valence-corrected chi connectivity index (χ4v) is 3.30. The highest BCUT2D eigenvalue weighted by Gasteiger charge is 2.19. The van der Waals surface area contributed by atoms with Crippen LogP contribution >= 0.6 is 0 Å². The van der Waals surface area contributed by atoms with Crippen molar-refractivity contribution in [2.45, 2.75) is 13.8 Å². The smallest absolute Gasteiger partial charge is 0.273 e. The molecule has 4 rings (SSSR count). The van der Waals surface area contributed by atoms with E-state index in [-0.39, 0.29) is 11.3 Å². The molecule has 0 fully saturated rings. The van der Waals surface area contributed by atoms with Crippen molar-refractivity contribution < 1.29 is 18.9 Å². The van der Waals surface area contributed by atoms with E-state index in [4.69, 9.17) is 9.15 Å². The highest BCUT2D eigenvalue weighted by atomic mass is 16.6. The molecule has 0 saturated heterocycles. The summed E-state index contributed by atoms with van der Waals surface area (Å²) in [6.07, 6.45) is 0. The lowest BCUT2D eigenvalue weighted by Gasteiger charge is -2.11. The van der Waals surface area contributed by atoms with E-state index in [1.165, 1.54) is 12.1 Å². The van der Waals surface area contributed by atoms with Gasteiger partial charge in [0.05, 0.1) is 12.0 Å². The van der Waals surface area contributed by atoms with Gasteiger partial charge in [0.15, 0.2) is 5.58 Å². The lowest BCUT2D eigenvalue weighted by atomic mass is 10.1. The van der Waals surface area contributed by atoms with E-state index in [9.17, 15) is 14.9 Å². The number of aromatic nitrogens is 1. The third-order valence-corrected chi connectivity index (χ3v) is 5.07. The van der Waals surface area contributed by atoms with E-state index >= 15 is 0 Å². The maximum absolute atomic E-state index is 12.8. The van der Waals surface area contributed by atoms with Gasteiger partial charge in [-0.15, -0.1) is 0 Å². The zero-order chi connectivity index (χ0) is 22.1. The minimum Gasteiger partial charge on any atom is -0.497 e. The highest BCUT2D eigenvalue weighted by molar-refractivity contribution is 6.06. The fraction of sp³-hybridized carbons (Fsp3) is 0.130. The summed E-state index contributed by atoms with van der Waals surface area (Å²) >= 11 is 0. The molecule has 1 amide bonds. The predicted octanol–water partition coefficient (Wildman–Crippen LogP) is 5.28. The maximum atomic E-state index is 12.8. The quantitative estimate of drug-likeness (QED) is 0.350. The summed E-state index contributed by atoms with van der Waals surface area (Å²) < 4.78 is 11.1. The molecule has 31 heavy (non-hydrogen) atoms. The Bertz CT molecular complexity index is 1330. The number of carbonyl (C=O) groups excluding carboxylic acids is 1. The van der Waals surface area contributed by atoms with Crippen LogP contribution in [-0.2, 0) is 0 Å². The molecule has 1 aromatic heterocycles. The SMILES string of the molecule is COc1ccc2oc(-c3ccc(C)c(NC(=O)c4cccc([N+](=O)[O-])c4C)c3)nc2c1. The van der Waals surface area contributed by atoms with E-state index in [2.05, 4.69) is 10.3 Å². The number of oxazole rings is 1. The van der Waals surface area contributed by atoms with Gasteiger partial charge in [0.25, 0.3) is 11.6 Å². The minimum atomic E-state index is -0.500. The number of anilines is 1. The average Bonchev–Trinajstić information content (AvgIpc) is 3.18. The van der Waals surface area contributed by atoms with Crippen LogP contribution in [0.1, 0.15) is 21.5 Å². The van der Waals surface area contributed by atoms with Gasteiger partial charge in [0.1, 0.15) is 11.3 Å². The molecule has 156 valence electrons. The average molecular weight is 417 g/mol. The van der Waals surface area contributed by atoms with Crippen LogP contribution in [0.15, 0.2) is 59.0 Å². The summed E-state index contributed by atoms with van der Waals surface area (Å²) in [5.41, 5.74) is 3.82. The van der Waals surface area contributed by atoms with Crippen molar-refractivity contribution in [2.24, 2.45) is 0 Å². The van der Waals surface area contributed by atoms with Crippen molar-refractivity contribution >= 4 is 28.4 Å². The number of nitro benzene ring substituents is 1. The number of benzene rings is 3. The molecule has 0 aliphatic carbocycles. The first kappa shape index (κ1) is 20.1. The van der Waals surface area contributed by atoms with Crippen molar-refractivity contribution in [1.82, 2.24) is 4.98 Å². The molecule has 0 spiro atoms. The monoisotopic (exact) mass is 417 g/mol. The van der Waals surface area contributed by atoms with E-state index in [1.807, 2.05) is 19.1 Å². The second-order valence-electron chi connectivity index (χ2n) is 7.04. The van der Waals surface area contributed by atoms with Gasteiger partial charge in [-0.1, -0.05) is 12.1 Å². The number of nitrogens with zero attached hydrogens (tertiary/aromatic N) is 2. The van der Waals surface area contributed by atoms with Crippen molar-refractivity contribution in [3.05, 3.63) is 81.4 Å². The van der Waals surface area contributed by atoms with Crippen molar-refractivity contribution in [1.29, 1.82) is 0 Å². The Hall–Kier alpha value is -4.20. The first-order valence-corrected chi connectivity index (χ1v) is 9.48. The normalized spacial score (nSPS) is 10.8. The third kappa shape index (κ3) is 3.83. The Kier molecular flexibility index (Phi) is 5.12. The van der Waals surface area contributed by atoms with Crippen LogP contribution in [0.2, 0.25) is 0 Å². The zero-order valence-corrected chi connectivity index (χ0v) is 17.1. The number of ether oxygens (including phenoxy) is 1. The summed E-state index contributed by atoms with van der Waals surface area (Å²) in [7, 11) is 1.58. The van der Waals surface area contributed by atoms with Crippen LogP contribution in [-0.4, -0.2) is 22.9 Å². The summed E-state index contributed by atoms with van der Waals surface area (Å²) in [5.74, 6) is 0.658. The summed E-state index contributed by atoms with van der Waals surface area (Å²) in [5, 5.41) is 14.0. The summed E-state index contributed by atoms with van der Waals surface area (Å²) in [6.45, 7) is 3.42. The Balaban J connectivity index is 1.67. The van der Waals surface area contributed by atoms with Crippen LogP contribution in [0.3, 0.4) is 0 Å². The molecule has 0 aliphatic heterocycles. The first-order valence-electron chi connectivity index (χ1n) is 9.48.